The molecule has 0 atom stereocenters. The Labute approximate surface area is 161 Å². The number of amides is 1. The van der Waals surface area contributed by atoms with E-state index in [9.17, 15) is 10.1 Å². The maximum atomic E-state index is 12.4. The quantitative estimate of drug-likeness (QED) is 0.548. The number of benzene rings is 2. The first kappa shape index (κ1) is 19.5. The standard InChI is InChI=1S/C20H19BrN2O3/c1-4-26-18-11-14(10-17(21)19(18)25-3)9-15(12-22)20(24)23-16-7-5-6-13(2)8-16/h5-11H,4H2,1-3H3,(H,23,24)/b15-9+. The molecule has 0 bridgehead atoms. The molecule has 1 amide bonds. The van der Waals surface area contributed by atoms with Crippen molar-refractivity contribution in [2.75, 3.05) is 19.0 Å². The van der Waals surface area contributed by atoms with E-state index in [4.69, 9.17) is 9.47 Å². The largest absolute Gasteiger partial charge is 0.492 e. The first-order valence-electron chi connectivity index (χ1n) is 7.98. The second kappa shape index (κ2) is 9.07. The van der Waals surface area contributed by atoms with Crippen LogP contribution in [-0.2, 0) is 4.79 Å². The maximum absolute atomic E-state index is 12.4. The molecule has 0 aliphatic rings. The molecule has 6 heteroatoms. The monoisotopic (exact) mass is 414 g/mol. The van der Waals surface area contributed by atoms with E-state index in [2.05, 4.69) is 21.2 Å². The minimum absolute atomic E-state index is 0.00831. The number of halogens is 1. The number of hydrogen-bond donors (Lipinski definition) is 1. The van der Waals surface area contributed by atoms with Crippen LogP contribution in [0.15, 0.2) is 46.4 Å². The summed E-state index contributed by atoms with van der Waals surface area (Å²) in [7, 11) is 1.55. The van der Waals surface area contributed by atoms with Gasteiger partial charge < -0.3 is 14.8 Å². The third-order valence-corrected chi connectivity index (χ3v) is 4.08. The Morgan fingerprint density at radius 2 is 2.12 bits per heavy atom. The van der Waals surface area contributed by atoms with Crippen LogP contribution in [0.1, 0.15) is 18.1 Å². The predicted molar refractivity (Wildman–Crippen MR) is 105 cm³/mol. The molecule has 0 aliphatic heterocycles. The van der Waals surface area contributed by atoms with Gasteiger partial charge in [-0.15, -0.1) is 0 Å². The lowest BCUT2D eigenvalue weighted by Crippen LogP contribution is -2.13. The Balaban J connectivity index is 2.33. The van der Waals surface area contributed by atoms with Crippen molar-refractivity contribution in [1.82, 2.24) is 0 Å². The average Bonchev–Trinajstić information content (AvgIpc) is 2.59. The van der Waals surface area contributed by atoms with Crippen molar-refractivity contribution < 1.29 is 14.3 Å². The number of nitriles is 1. The summed E-state index contributed by atoms with van der Waals surface area (Å²) in [6.45, 7) is 4.27. The van der Waals surface area contributed by atoms with Gasteiger partial charge in [0, 0.05) is 5.69 Å². The van der Waals surface area contributed by atoms with Gasteiger partial charge in [-0.05, 0) is 71.2 Å². The van der Waals surface area contributed by atoms with Crippen molar-refractivity contribution in [3.05, 3.63) is 57.6 Å². The molecular weight excluding hydrogens is 396 g/mol. The zero-order valence-electron chi connectivity index (χ0n) is 14.8. The minimum atomic E-state index is -0.469. The Morgan fingerprint density at radius 3 is 2.73 bits per heavy atom. The highest BCUT2D eigenvalue weighted by atomic mass is 79.9. The molecule has 0 saturated heterocycles. The summed E-state index contributed by atoms with van der Waals surface area (Å²) in [6.07, 6.45) is 1.51. The highest BCUT2D eigenvalue weighted by molar-refractivity contribution is 9.10. The van der Waals surface area contributed by atoms with Crippen LogP contribution in [0.5, 0.6) is 11.5 Å². The Morgan fingerprint density at radius 1 is 1.35 bits per heavy atom. The number of hydrogen-bond acceptors (Lipinski definition) is 4. The first-order chi connectivity index (χ1) is 12.5. The van der Waals surface area contributed by atoms with Crippen LogP contribution in [0.25, 0.3) is 6.08 Å². The fraction of sp³-hybridized carbons (Fsp3) is 0.200. The second-order valence-corrected chi connectivity index (χ2v) is 6.31. The number of carbonyl (C=O) groups is 1. The summed E-state index contributed by atoms with van der Waals surface area (Å²) in [5.41, 5.74) is 2.30. The highest BCUT2D eigenvalue weighted by Gasteiger charge is 2.13. The molecule has 0 aliphatic carbocycles. The smallest absolute Gasteiger partial charge is 0.266 e. The third-order valence-electron chi connectivity index (χ3n) is 3.49. The van der Waals surface area contributed by atoms with Gasteiger partial charge in [-0.3, -0.25) is 4.79 Å². The highest BCUT2D eigenvalue weighted by Crippen LogP contribution is 2.37. The molecule has 2 rings (SSSR count). The van der Waals surface area contributed by atoms with Gasteiger partial charge in [0.15, 0.2) is 11.5 Å². The van der Waals surface area contributed by atoms with Gasteiger partial charge in [-0.1, -0.05) is 12.1 Å². The zero-order valence-corrected chi connectivity index (χ0v) is 16.4. The third kappa shape index (κ3) is 4.87. The summed E-state index contributed by atoms with van der Waals surface area (Å²) in [4.78, 5) is 12.4. The maximum Gasteiger partial charge on any atom is 0.266 e. The Hall–Kier alpha value is -2.78. The molecule has 0 spiro atoms. The van der Waals surface area contributed by atoms with E-state index in [-0.39, 0.29) is 5.57 Å². The fourth-order valence-electron chi connectivity index (χ4n) is 2.37. The number of aryl methyl sites for hydroxylation is 1. The van der Waals surface area contributed by atoms with Crippen LogP contribution in [-0.4, -0.2) is 19.6 Å². The topological polar surface area (TPSA) is 71.3 Å². The van der Waals surface area contributed by atoms with Crippen molar-refractivity contribution in [2.24, 2.45) is 0 Å². The number of methoxy groups -OCH3 is 1. The number of nitrogens with one attached hydrogen (secondary N) is 1. The van der Waals surface area contributed by atoms with Gasteiger partial charge in [0.2, 0.25) is 0 Å². The van der Waals surface area contributed by atoms with Crippen LogP contribution < -0.4 is 14.8 Å². The molecule has 0 unspecified atom stereocenters. The fourth-order valence-corrected chi connectivity index (χ4v) is 2.99. The molecule has 5 nitrogen and oxygen atoms in total. The molecule has 1 N–H and O–H groups in total. The van der Waals surface area contributed by atoms with E-state index in [1.165, 1.54) is 6.08 Å². The molecular formula is C20H19BrN2O3. The van der Waals surface area contributed by atoms with E-state index < -0.39 is 5.91 Å². The second-order valence-electron chi connectivity index (χ2n) is 5.46. The van der Waals surface area contributed by atoms with Gasteiger partial charge in [0.05, 0.1) is 18.2 Å². The van der Waals surface area contributed by atoms with Crippen LogP contribution in [0.4, 0.5) is 5.69 Å². The van der Waals surface area contributed by atoms with E-state index >= 15 is 0 Å². The van der Waals surface area contributed by atoms with Gasteiger partial charge in [0.25, 0.3) is 5.91 Å². The summed E-state index contributed by atoms with van der Waals surface area (Å²) in [6, 6.07) is 12.8. The summed E-state index contributed by atoms with van der Waals surface area (Å²) in [5.74, 6) is 0.627. The van der Waals surface area contributed by atoms with Gasteiger partial charge in [0.1, 0.15) is 11.6 Å². The van der Waals surface area contributed by atoms with Crippen LogP contribution in [0, 0.1) is 18.3 Å². The summed E-state index contributed by atoms with van der Waals surface area (Å²) in [5, 5.41) is 12.1. The normalized spacial score (nSPS) is 10.8. The predicted octanol–water partition coefficient (Wildman–Crippen LogP) is 4.71. The lowest BCUT2D eigenvalue weighted by Gasteiger charge is -2.12. The van der Waals surface area contributed by atoms with Crippen molar-refractivity contribution >= 4 is 33.6 Å². The molecule has 0 radical (unpaired) electrons. The first-order valence-corrected chi connectivity index (χ1v) is 8.78. The van der Waals surface area contributed by atoms with Crippen molar-refractivity contribution in [2.45, 2.75) is 13.8 Å². The van der Waals surface area contributed by atoms with E-state index in [1.807, 2.05) is 38.1 Å². The van der Waals surface area contributed by atoms with Gasteiger partial charge >= 0.3 is 0 Å². The van der Waals surface area contributed by atoms with E-state index in [0.29, 0.717) is 33.8 Å². The van der Waals surface area contributed by atoms with Crippen molar-refractivity contribution in [3.8, 4) is 17.6 Å². The summed E-state index contributed by atoms with van der Waals surface area (Å²) >= 11 is 3.42. The molecule has 0 fully saturated rings. The minimum Gasteiger partial charge on any atom is -0.492 e. The molecule has 0 saturated carbocycles. The van der Waals surface area contributed by atoms with Crippen molar-refractivity contribution in [1.29, 1.82) is 5.26 Å². The molecule has 0 aromatic heterocycles. The van der Waals surface area contributed by atoms with Gasteiger partial charge in [-0.25, -0.2) is 0 Å². The van der Waals surface area contributed by atoms with Crippen molar-refractivity contribution in [3.63, 3.8) is 0 Å². The lowest BCUT2D eigenvalue weighted by atomic mass is 10.1. The number of anilines is 1. The Kier molecular flexibility index (Phi) is 6.81. The number of ether oxygens (including phenoxy) is 2. The number of nitrogens with zero attached hydrogens (tertiary/aromatic N) is 1. The van der Waals surface area contributed by atoms with Crippen LogP contribution in [0.3, 0.4) is 0 Å². The average molecular weight is 415 g/mol. The van der Waals surface area contributed by atoms with Crippen LogP contribution in [0.2, 0.25) is 0 Å². The number of carbonyl (C=O) groups excluding carboxylic acids is 1. The zero-order chi connectivity index (χ0) is 19.1. The lowest BCUT2D eigenvalue weighted by molar-refractivity contribution is -0.112. The Bertz CT molecular complexity index is 885. The molecule has 2 aromatic carbocycles. The SMILES string of the molecule is CCOc1cc(/C=C(\C#N)C(=O)Nc2cccc(C)c2)cc(Br)c1OC. The van der Waals surface area contributed by atoms with Gasteiger partial charge in [-0.2, -0.15) is 5.26 Å². The van der Waals surface area contributed by atoms with E-state index in [0.717, 1.165) is 5.56 Å². The molecule has 0 heterocycles. The van der Waals surface area contributed by atoms with E-state index in [1.54, 1.807) is 25.3 Å². The summed E-state index contributed by atoms with van der Waals surface area (Å²) < 4.78 is 11.6. The molecule has 2 aromatic rings. The molecule has 134 valence electrons. The van der Waals surface area contributed by atoms with Crippen LogP contribution >= 0.6 is 15.9 Å². The number of rotatable bonds is 6. The molecule has 26 heavy (non-hydrogen) atoms.